The van der Waals surface area contributed by atoms with E-state index in [4.69, 9.17) is 10.5 Å². The van der Waals surface area contributed by atoms with Gasteiger partial charge in [-0.15, -0.1) is 0 Å². The minimum absolute atomic E-state index is 0.0229. The Morgan fingerprint density at radius 3 is 2.69 bits per heavy atom. The Morgan fingerprint density at radius 1 is 1.21 bits per heavy atom. The van der Waals surface area contributed by atoms with Gasteiger partial charge < -0.3 is 29.8 Å². The van der Waals surface area contributed by atoms with Crippen molar-refractivity contribution in [3.63, 3.8) is 0 Å². The van der Waals surface area contributed by atoms with Crippen LogP contribution >= 0.6 is 0 Å². The monoisotopic (exact) mass is 557 g/mol. The minimum Gasteiger partial charge on any atom is -0.755 e. The number of hydrogen-bond donors (Lipinski definition) is 2. The highest BCUT2D eigenvalue weighted by molar-refractivity contribution is 7.80. The fraction of sp³-hybridized carbons (Fsp3) is 0.400. The molecule has 2 amide bonds. The first kappa shape index (κ1) is 26.7. The standard InChI is InChI=1S/C25H26N4O9S/c26-24(33)25(34)19(13-20(30)38-25)37-23(32)18-10-9-15-6-2-4-8-17(22(31)28(15)18)29(39(35)36)21-16-7-3-1-5-14(16)11-12-27-21/h1-5,7,11-12,15,17-19,34H,6,8-10,13H2,(H2,26,33)(H,35,36)/p-1. The third kappa shape index (κ3) is 4.75. The fourth-order valence-corrected chi connectivity index (χ4v) is 6.02. The number of hydrogen-bond acceptors (Lipinski definition) is 10. The average molecular weight is 558 g/mol. The van der Waals surface area contributed by atoms with Crippen LogP contribution in [0, 0.1) is 0 Å². The van der Waals surface area contributed by atoms with Crippen LogP contribution in [0.2, 0.25) is 0 Å². The molecule has 2 saturated heterocycles. The van der Waals surface area contributed by atoms with Crippen molar-refractivity contribution < 1.29 is 42.5 Å². The van der Waals surface area contributed by atoms with E-state index in [1.54, 1.807) is 36.4 Å². The number of aliphatic hydroxyl groups is 1. The molecule has 1 aromatic carbocycles. The van der Waals surface area contributed by atoms with Crippen molar-refractivity contribution in [1.29, 1.82) is 0 Å². The number of rotatable bonds is 6. The predicted molar refractivity (Wildman–Crippen MR) is 134 cm³/mol. The van der Waals surface area contributed by atoms with Gasteiger partial charge in [0.15, 0.2) is 6.10 Å². The van der Waals surface area contributed by atoms with Crippen LogP contribution in [0.1, 0.15) is 32.1 Å². The van der Waals surface area contributed by atoms with Gasteiger partial charge in [-0.25, -0.2) is 9.78 Å². The van der Waals surface area contributed by atoms with E-state index in [1.807, 2.05) is 6.08 Å². The molecule has 2 fully saturated rings. The molecule has 1 aromatic heterocycles. The summed E-state index contributed by atoms with van der Waals surface area (Å²) in [5.41, 5.74) is 5.16. The molecule has 2 aromatic rings. The molecule has 14 heteroatoms. The number of pyridine rings is 1. The maximum absolute atomic E-state index is 14.0. The van der Waals surface area contributed by atoms with Crippen LogP contribution in [-0.2, 0) is 39.9 Å². The van der Waals surface area contributed by atoms with Crippen molar-refractivity contribution in [2.75, 3.05) is 4.31 Å². The molecule has 3 aliphatic rings. The summed E-state index contributed by atoms with van der Waals surface area (Å²) in [7, 11) is 0. The molecular formula is C25H25N4O9S-. The Bertz CT molecular complexity index is 1400. The van der Waals surface area contributed by atoms with Crippen molar-refractivity contribution in [2.24, 2.45) is 5.73 Å². The number of primary amides is 1. The van der Waals surface area contributed by atoms with E-state index in [0.717, 1.165) is 9.69 Å². The second-order valence-electron chi connectivity index (χ2n) is 9.51. The van der Waals surface area contributed by atoms with Crippen LogP contribution in [0.3, 0.4) is 0 Å². The Kier molecular flexibility index (Phi) is 7.09. The summed E-state index contributed by atoms with van der Waals surface area (Å²) >= 11 is -2.91. The molecule has 4 heterocycles. The number of carbonyl (C=O) groups is 4. The first-order chi connectivity index (χ1) is 18.6. The number of ether oxygens (including phenoxy) is 2. The van der Waals surface area contributed by atoms with Gasteiger partial charge in [0, 0.05) is 28.9 Å². The van der Waals surface area contributed by atoms with Gasteiger partial charge in [0.1, 0.15) is 17.9 Å². The molecule has 0 radical (unpaired) electrons. The quantitative estimate of drug-likeness (QED) is 0.276. The first-order valence-corrected chi connectivity index (χ1v) is 13.3. The van der Waals surface area contributed by atoms with Crippen LogP contribution in [-0.4, -0.2) is 77.5 Å². The normalized spacial score (nSPS) is 29.3. The van der Waals surface area contributed by atoms with Crippen LogP contribution in [0.4, 0.5) is 5.82 Å². The van der Waals surface area contributed by atoms with Gasteiger partial charge in [-0.3, -0.25) is 22.9 Å². The highest BCUT2D eigenvalue weighted by Gasteiger charge is 2.57. The van der Waals surface area contributed by atoms with E-state index in [0.29, 0.717) is 18.2 Å². The third-order valence-electron chi connectivity index (χ3n) is 7.22. The number of amides is 2. The third-order valence-corrected chi connectivity index (χ3v) is 7.97. The average Bonchev–Trinajstić information content (AvgIpc) is 3.44. The van der Waals surface area contributed by atoms with Crippen molar-refractivity contribution in [2.45, 2.75) is 62.1 Å². The first-order valence-electron chi connectivity index (χ1n) is 12.3. The number of esters is 2. The number of anilines is 1. The molecule has 3 N–H and O–H groups in total. The fourth-order valence-electron chi connectivity index (χ4n) is 5.35. The van der Waals surface area contributed by atoms with E-state index in [-0.39, 0.29) is 18.7 Å². The number of nitrogens with zero attached hydrogens (tertiary/aromatic N) is 3. The molecule has 206 valence electrons. The lowest BCUT2D eigenvalue weighted by molar-refractivity contribution is -0.220. The van der Waals surface area contributed by atoms with Crippen molar-refractivity contribution in [3.8, 4) is 0 Å². The van der Waals surface area contributed by atoms with Crippen LogP contribution in [0.25, 0.3) is 10.8 Å². The van der Waals surface area contributed by atoms with Crippen molar-refractivity contribution >= 4 is 51.6 Å². The number of fused-ring (bicyclic) bond motifs is 2. The van der Waals surface area contributed by atoms with Gasteiger partial charge in [-0.2, -0.15) is 0 Å². The lowest BCUT2D eigenvalue weighted by Gasteiger charge is -2.39. The summed E-state index contributed by atoms with van der Waals surface area (Å²) in [6, 6.07) is 5.88. The minimum atomic E-state index is -2.91. The highest BCUT2D eigenvalue weighted by atomic mass is 32.2. The lowest BCUT2D eigenvalue weighted by atomic mass is 10.0. The number of benzene rings is 1. The highest BCUT2D eigenvalue weighted by Crippen LogP contribution is 2.35. The summed E-state index contributed by atoms with van der Waals surface area (Å²) < 4.78 is 36.0. The van der Waals surface area contributed by atoms with E-state index in [9.17, 15) is 33.0 Å². The van der Waals surface area contributed by atoms with Gasteiger partial charge in [0.25, 0.3) is 5.91 Å². The Balaban J connectivity index is 1.47. The van der Waals surface area contributed by atoms with Crippen LogP contribution < -0.4 is 10.0 Å². The summed E-state index contributed by atoms with van der Waals surface area (Å²) in [4.78, 5) is 56.3. The summed E-state index contributed by atoms with van der Waals surface area (Å²) in [5.74, 6) is -6.76. The van der Waals surface area contributed by atoms with Gasteiger partial charge >= 0.3 is 17.7 Å². The van der Waals surface area contributed by atoms with Crippen LogP contribution in [0.5, 0.6) is 0 Å². The lowest BCUT2D eigenvalue weighted by Crippen LogP contribution is -2.57. The zero-order chi connectivity index (χ0) is 27.9. The summed E-state index contributed by atoms with van der Waals surface area (Å²) in [6.07, 6.45) is 3.74. The van der Waals surface area contributed by atoms with Crippen LogP contribution in [0.15, 0.2) is 48.7 Å². The Hall–Kier alpha value is -3.88. The molecule has 0 aliphatic carbocycles. The number of nitrogens with two attached hydrogens (primary N) is 1. The smallest absolute Gasteiger partial charge is 0.329 e. The SMILES string of the molecule is NC(=O)C1(O)OC(=O)CC1OC(=O)C1CCC2CC=CCC(N(c3nccc4ccccc34)S(=O)[O-])C(=O)N21. The largest absolute Gasteiger partial charge is 0.755 e. The number of cyclic esters (lactones) is 1. The van der Waals surface area contributed by atoms with E-state index in [1.165, 1.54) is 11.1 Å². The molecule has 6 unspecified atom stereocenters. The maximum atomic E-state index is 14.0. The molecule has 5 rings (SSSR count). The molecule has 3 aliphatic heterocycles. The topological polar surface area (TPSA) is 192 Å². The molecule has 0 saturated carbocycles. The number of aromatic nitrogens is 1. The molecule has 13 nitrogen and oxygen atoms in total. The van der Waals surface area contributed by atoms with Gasteiger partial charge in [0.2, 0.25) is 5.91 Å². The van der Waals surface area contributed by atoms with E-state index in [2.05, 4.69) is 9.72 Å². The zero-order valence-corrected chi connectivity index (χ0v) is 21.3. The molecule has 0 spiro atoms. The second-order valence-corrected chi connectivity index (χ2v) is 10.3. The van der Waals surface area contributed by atoms with Gasteiger partial charge in [-0.1, -0.05) is 36.4 Å². The molecule has 6 atom stereocenters. The zero-order valence-electron chi connectivity index (χ0n) is 20.5. The van der Waals surface area contributed by atoms with E-state index >= 15 is 0 Å². The second kappa shape index (κ2) is 10.4. The number of carbonyl (C=O) groups excluding carboxylic acids is 4. The van der Waals surface area contributed by atoms with Gasteiger partial charge in [-0.05, 0) is 37.1 Å². The van der Waals surface area contributed by atoms with Gasteiger partial charge in [0.05, 0.1) is 6.42 Å². The summed E-state index contributed by atoms with van der Waals surface area (Å²) in [5, 5.41) is 11.6. The van der Waals surface area contributed by atoms with E-state index < -0.39 is 71.5 Å². The van der Waals surface area contributed by atoms with Crippen molar-refractivity contribution in [1.82, 2.24) is 9.88 Å². The Labute approximate surface area is 225 Å². The molecular weight excluding hydrogens is 532 g/mol. The molecule has 39 heavy (non-hydrogen) atoms. The summed E-state index contributed by atoms with van der Waals surface area (Å²) in [6.45, 7) is 0. The predicted octanol–water partition coefficient (Wildman–Crippen LogP) is -0.0539. The Morgan fingerprint density at radius 2 is 1.95 bits per heavy atom. The molecule has 0 bridgehead atoms. The maximum Gasteiger partial charge on any atom is 0.329 e. The van der Waals surface area contributed by atoms with Crippen molar-refractivity contribution in [3.05, 3.63) is 48.7 Å².